The maximum absolute atomic E-state index is 12.5. The second-order valence-corrected chi connectivity index (χ2v) is 12.2. The molecule has 0 aromatic rings. The predicted molar refractivity (Wildman–Crippen MR) is 158 cm³/mol. The van der Waals surface area contributed by atoms with Crippen LogP contribution in [0.25, 0.3) is 0 Å². The molecule has 0 bridgehead atoms. The molecule has 3 fully saturated rings. The van der Waals surface area contributed by atoms with Crippen LogP contribution in [0.4, 0.5) is 0 Å². The number of nitrogens with one attached hydrogen (secondary N) is 1. The number of ether oxygens (including phenoxy) is 6. The van der Waals surface area contributed by atoms with Crippen LogP contribution in [-0.4, -0.2) is 199 Å². The Balaban J connectivity index is 0.00000901. The molecule has 1 amide bonds. The summed E-state index contributed by atoms with van der Waals surface area (Å²) < 4.78 is 33.6. The number of hydrogen-bond donors (Lipinski definition) is 12. The van der Waals surface area contributed by atoms with Gasteiger partial charge in [-0.1, -0.05) is 0 Å². The van der Waals surface area contributed by atoms with Crippen molar-refractivity contribution in [2.45, 2.75) is 124 Å². The van der Waals surface area contributed by atoms with E-state index in [2.05, 4.69) is 10.3 Å². The summed E-state index contributed by atoms with van der Waals surface area (Å²) in [7, 11) is 0. The molecule has 51 heavy (non-hydrogen) atoms. The summed E-state index contributed by atoms with van der Waals surface area (Å²) in [6, 6.07) is -2.88. The van der Waals surface area contributed by atoms with E-state index in [-0.39, 0.29) is 42.7 Å². The van der Waals surface area contributed by atoms with Crippen LogP contribution in [0.5, 0.6) is 0 Å². The Kier molecular flexibility index (Phi) is 18.4. The van der Waals surface area contributed by atoms with Gasteiger partial charge in [0.1, 0.15) is 73.1 Å². The molecule has 0 radical (unpaired) electrons. The number of nitrogens with zero attached hydrogens (tertiary/aromatic N) is 1. The maximum Gasteiger partial charge on any atom is 1.00 e. The topological polar surface area (TPSA) is 365 Å². The van der Waals surface area contributed by atoms with Crippen molar-refractivity contribution in [3.63, 3.8) is 0 Å². The zero-order chi connectivity index (χ0) is 37.5. The number of carboxylic acids is 1. The smallest absolute Gasteiger partial charge is 0.862 e. The van der Waals surface area contributed by atoms with Gasteiger partial charge in [-0.3, -0.25) is 9.79 Å². The van der Waals surface area contributed by atoms with Gasteiger partial charge in [0.25, 0.3) is 5.79 Å². The largest absolute Gasteiger partial charge is 1.00 e. The molecular formula is C28H48N3NaO19. The first-order chi connectivity index (χ1) is 23.5. The molecular weight excluding hydrogens is 705 g/mol. The van der Waals surface area contributed by atoms with Gasteiger partial charge >= 0.3 is 35.5 Å². The van der Waals surface area contributed by atoms with Crippen molar-refractivity contribution in [3.8, 4) is 0 Å². The number of aliphatic imine (C=N–C) groups is 1. The first-order valence-corrected chi connectivity index (χ1v) is 15.8. The third kappa shape index (κ3) is 11.2. The minimum Gasteiger partial charge on any atom is -0.862 e. The number of aliphatic hydroxyl groups excluding tert-OH is 9. The van der Waals surface area contributed by atoms with Gasteiger partial charge < -0.3 is 95.6 Å². The molecule has 0 aliphatic carbocycles. The number of amides is 1. The van der Waals surface area contributed by atoms with Crippen molar-refractivity contribution in [1.29, 1.82) is 0 Å². The van der Waals surface area contributed by atoms with E-state index in [1.165, 1.54) is 0 Å². The minimum absolute atomic E-state index is 0. The zero-order valence-electron chi connectivity index (χ0n) is 28.3. The molecule has 3 aliphatic rings. The minimum atomic E-state index is -2.86. The fraction of sp³-hybridized carbons (Fsp3) is 0.893. The summed E-state index contributed by atoms with van der Waals surface area (Å²) in [5, 5.41) is 118. The van der Waals surface area contributed by atoms with Crippen LogP contribution < -0.4 is 45.7 Å². The second kappa shape index (κ2) is 20.5. The van der Waals surface area contributed by atoms with Crippen LogP contribution in [0.3, 0.4) is 0 Å². The number of aliphatic hydroxyl groups is 9. The van der Waals surface area contributed by atoms with E-state index in [0.29, 0.717) is 6.42 Å². The molecule has 22 nitrogen and oxygen atoms in total. The fourth-order valence-corrected chi connectivity index (χ4v) is 5.80. The van der Waals surface area contributed by atoms with Crippen molar-refractivity contribution in [1.82, 2.24) is 5.32 Å². The third-order valence-corrected chi connectivity index (χ3v) is 8.40. The van der Waals surface area contributed by atoms with Gasteiger partial charge in [0.2, 0.25) is 5.91 Å². The molecule has 3 aliphatic heterocycles. The van der Waals surface area contributed by atoms with Gasteiger partial charge in [0.05, 0.1) is 32.5 Å². The Bertz CT molecular complexity index is 1140. The zero-order valence-corrected chi connectivity index (χ0v) is 30.3. The summed E-state index contributed by atoms with van der Waals surface area (Å²) in [6.45, 7) is -0.287. The van der Waals surface area contributed by atoms with E-state index >= 15 is 0 Å². The Hall–Kier alpha value is -1.23. The predicted octanol–water partition coefficient (Wildman–Crippen LogP) is -11.1. The number of carbonyl (C=O) groups excluding carboxylic acids is 1. The van der Waals surface area contributed by atoms with Crippen molar-refractivity contribution >= 4 is 17.8 Å². The van der Waals surface area contributed by atoms with Crippen LogP contribution in [0, 0.1) is 0 Å². The number of rotatable bonds is 16. The van der Waals surface area contributed by atoms with Crippen LogP contribution in [0.15, 0.2) is 4.99 Å². The molecule has 0 saturated carbocycles. The molecule has 290 valence electrons. The third-order valence-electron chi connectivity index (χ3n) is 8.40. The van der Waals surface area contributed by atoms with E-state index in [9.17, 15) is 65.8 Å². The number of carboxylic acid groups (broad SMARTS) is 1. The van der Waals surface area contributed by atoms with E-state index in [1.54, 1.807) is 0 Å². The summed E-state index contributed by atoms with van der Waals surface area (Å²) in [5.74, 6) is -6.18. The SMILES string of the molecule is CC(=O)N[C@H]1[C@H](OCCCN)O[C@H](CO)[C@@H](O[C@@H]2O[C@H](CO[C@@]3(C(=O)O)C[C@H](O)[C@@H](N=C(C)[O-])[C@H]([C@H](O)[C@H](O)CO)O3)[C@H](O)[C@H](O)[C@H]2O)[C@@H]1O.[Na+]. The molecule has 3 saturated heterocycles. The summed E-state index contributed by atoms with van der Waals surface area (Å²) in [6.07, 6.45) is -23.9. The van der Waals surface area contributed by atoms with Gasteiger partial charge in [0.15, 0.2) is 12.6 Å². The van der Waals surface area contributed by atoms with Gasteiger partial charge in [-0.2, -0.15) is 0 Å². The van der Waals surface area contributed by atoms with E-state index < -0.39 is 142 Å². The number of carbonyl (C=O) groups is 2. The molecule has 0 unspecified atom stereocenters. The molecule has 0 spiro atoms. The van der Waals surface area contributed by atoms with Crippen LogP contribution in [-0.2, 0) is 38.0 Å². The molecule has 3 rings (SSSR count). The Morgan fingerprint density at radius 2 is 1.67 bits per heavy atom. The van der Waals surface area contributed by atoms with Gasteiger partial charge in [-0.05, 0) is 25.8 Å². The van der Waals surface area contributed by atoms with Gasteiger partial charge in [0, 0.05) is 13.3 Å². The van der Waals surface area contributed by atoms with Crippen LogP contribution in [0.2, 0.25) is 0 Å². The Morgan fingerprint density at radius 1 is 1.02 bits per heavy atom. The molecule has 23 heteroatoms. The van der Waals surface area contributed by atoms with Crippen LogP contribution >= 0.6 is 0 Å². The maximum atomic E-state index is 12.5. The van der Waals surface area contributed by atoms with Crippen molar-refractivity contribution in [2.24, 2.45) is 10.7 Å². The molecule has 16 atom stereocenters. The monoisotopic (exact) mass is 753 g/mol. The number of nitrogens with two attached hydrogens (primary N) is 1. The average molecular weight is 754 g/mol. The Labute approximate surface area is 314 Å². The van der Waals surface area contributed by atoms with Gasteiger partial charge in [-0.15, -0.1) is 0 Å². The summed E-state index contributed by atoms with van der Waals surface area (Å²) >= 11 is 0. The summed E-state index contributed by atoms with van der Waals surface area (Å²) in [5.41, 5.74) is 5.48. The molecule has 13 N–H and O–H groups in total. The fourth-order valence-electron chi connectivity index (χ4n) is 5.80. The summed E-state index contributed by atoms with van der Waals surface area (Å²) in [4.78, 5) is 28.0. The molecule has 3 heterocycles. The van der Waals surface area contributed by atoms with Crippen molar-refractivity contribution in [3.05, 3.63) is 0 Å². The number of hydrogen-bond acceptors (Lipinski definition) is 20. The first-order valence-electron chi connectivity index (χ1n) is 15.8. The Morgan fingerprint density at radius 3 is 2.22 bits per heavy atom. The average Bonchev–Trinajstić information content (AvgIpc) is 3.06. The normalized spacial score (nSPS) is 40.2. The first kappa shape index (κ1) is 45.9. The molecule has 0 aromatic heterocycles. The van der Waals surface area contributed by atoms with Gasteiger partial charge in [-0.25, -0.2) is 4.79 Å². The van der Waals surface area contributed by atoms with Crippen molar-refractivity contribution in [2.75, 3.05) is 33.0 Å². The molecule has 0 aromatic carbocycles. The van der Waals surface area contributed by atoms with E-state index in [1.807, 2.05) is 0 Å². The number of aliphatic carboxylic acids is 1. The quantitative estimate of drug-likeness (QED) is 0.0301. The van der Waals surface area contributed by atoms with E-state index in [0.717, 1.165) is 13.8 Å². The van der Waals surface area contributed by atoms with Crippen molar-refractivity contribution < 1.29 is 124 Å². The standard InChI is InChI=1S/C28H49N3O19.Na/c1-10(34)30-16-12(36)6-28(27(43)44,50-24(16)18(38)13(37)7-32)46-9-15-19(39)21(41)22(42)26(48-15)49-23-14(8-33)47-25(45-5-3-4-29)17(20(23)40)31-11(2)35;/h12-26,32-33,36-42H,3-9,29H2,1-2H3,(H,30,34)(H,31,35)(H,43,44);/q;+1/p-1/t12-,13+,14+,15+,16+,17+,18+,19-,20+,21-,22+,23+,24+,25+,26-,28-;/m0./s1. The van der Waals surface area contributed by atoms with Crippen LogP contribution in [0.1, 0.15) is 26.7 Å². The van der Waals surface area contributed by atoms with E-state index in [4.69, 9.17) is 34.2 Å². The second-order valence-electron chi connectivity index (χ2n) is 12.2.